The molecule has 0 amide bonds. The van der Waals surface area contributed by atoms with Crippen LogP contribution in [0.25, 0.3) is 0 Å². The van der Waals surface area contributed by atoms with Gasteiger partial charge >= 0.3 is 5.97 Å². The normalized spacial score (nSPS) is 18.4. The molecule has 1 atom stereocenters. The second-order valence-corrected chi connectivity index (χ2v) is 5.32. The molecule has 0 bridgehead atoms. The molecule has 0 saturated heterocycles. The van der Waals surface area contributed by atoms with Crippen LogP contribution in [0.3, 0.4) is 0 Å². The van der Waals surface area contributed by atoms with Gasteiger partial charge in [0, 0.05) is 6.07 Å². The Balaban J connectivity index is 2.45. The van der Waals surface area contributed by atoms with E-state index in [-0.39, 0.29) is 28.8 Å². The number of carbonyl (C=O) groups excluding carboxylic acids is 2. The fourth-order valence-electron chi connectivity index (χ4n) is 2.05. The highest BCUT2D eigenvalue weighted by molar-refractivity contribution is 8.01. The molecule has 0 aromatic heterocycles. The molecule has 1 heterocycles. The summed E-state index contributed by atoms with van der Waals surface area (Å²) in [5.74, 6) is -0.0586. The number of carbonyl (C=O) groups is 2. The van der Waals surface area contributed by atoms with Crippen LogP contribution < -0.4 is 4.74 Å². The molecule has 1 aliphatic rings. The van der Waals surface area contributed by atoms with Gasteiger partial charge in [0.25, 0.3) is 0 Å². The third kappa shape index (κ3) is 2.68. The lowest BCUT2D eigenvalue weighted by Gasteiger charge is -2.12. The molecule has 19 heavy (non-hydrogen) atoms. The first-order valence-electron chi connectivity index (χ1n) is 5.69. The number of ketones is 1. The molecule has 5 nitrogen and oxygen atoms in total. The van der Waals surface area contributed by atoms with E-state index in [1.54, 1.807) is 6.07 Å². The number of ether oxygens (including phenoxy) is 2. The molecule has 1 aromatic rings. The molecule has 102 valence electrons. The Morgan fingerprint density at radius 1 is 1.42 bits per heavy atom. The van der Waals surface area contributed by atoms with Crippen LogP contribution in [-0.4, -0.2) is 42.1 Å². The number of Topliss-reactive ketones (excluding diaryl/α,β-unsaturated/α-hetero) is 1. The van der Waals surface area contributed by atoms with E-state index in [0.29, 0.717) is 17.7 Å². The summed E-state index contributed by atoms with van der Waals surface area (Å²) in [6, 6.07) is 3.08. The lowest BCUT2D eigenvalue weighted by Crippen LogP contribution is -2.21. The number of benzene rings is 1. The van der Waals surface area contributed by atoms with Crippen molar-refractivity contribution < 1.29 is 24.2 Å². The number of hydrogen-bond donors (Lipinski definition) is 1. The summed E-state index contributed by atoms with van der Waals surface area (Å²) in [7, 11) is 2.80. The molecular formula is C13H14O5S. The molecule has 0 spiro atoms. The predicted octanol–water partition coefficient (Wildman–Crippen LogP) is 1.41. The maximum Gasteiger partial charge on any atom is 0.319 e. The Hall–Kier alpha value is -1.69. The van der Waals surface area contributed by atoms with Crippen LogP contribution in [0.4, 0.5) is 0 Å². The van der Waals surface area contributed by atoms with Gasteiger partial charge in [0.2, 0.25) is 0 Å². The number of thioether (sulfide) groups is 1. The number of phenolic OH excluding ortho intramolecular Hbond substituents is 1. The average Bonchev–Trinajstić information content (AvgIpc) is 2.57. The van der Waals surface area contributed by atoms with Gasteiger partial charge in [0.1, 0.15) is 16.7 Å². The Bertz CT molecular complexity index is 526. The first-order chi connectivity index (χ1) is 9.06. The first kappa shape index (κ1) is 13.7. The van der Waals surface area contributed by atoms with Crippen molar-refractivity contribution in [2.24, 2.45) is 0 Å². The number of hydrogen-bond acceptors (Lipinski definition) is 6. The van der Waals surface area contributed by atoms with E-state index in [1.165, 1.54) is 32.0 Å². The van der Waals surface area contributed by atoms with Crippen molar-refractivity contribution in [1.29, 1.82) is 0 Å². The maximum atomic E-state index is 12.0. The zero-order chi connectivity index (χ0) is 14.0. The predicted molar refractivity (Wildman–Crippen MR) is 71.0 cm³/mol. The molecule has 6 heteroatoms. The topological polar surface area (TPSA) is 72.8 Å². The highest BCUT2D eigenvalue weighted by atomic mass is 32.2. The van der Waals surface area contributed by atoms with Gasteiger partial charge < -0.3 is 14.6 Å². The quantitative estimate of drug-likeness (QED) is 0.827. The second-order valence-electron chi connectivity index (χ2n) is 4.13. The van der Waals surface area contributed by atoms with E-state index >= 15 is 0 Å². The fraction of sp³-hybridized carbons (Fsp3) is 0.385. The van der Waals surface area contributed by atoms with Gasteiger partial charge in [-0.3, -0.25) is 9.59 Å². The summed E-state index contributed by atoms with van der Waals surface area (Å²) >= 11 is 1.23. The maximum absolute atomic E-state index is 12.0. The van der Waals surface area contributed by atoms with Crippen LogP contribution in [-0.2, 0) is 16.0 Å². The minimum absolute atomic E-state index is 0.106. The molecule has 1 aliphatic heterocycles. The zero-order valence-electron chi connectivity index (χ0n) is 10.6. The monoisotopic (exact) mass is 282 g/mol. The average molecular weight is 282 g/mol. The highest BCUT2D eigenvalue weighted by Crippen LogP contribution is 2.34. The van der Waals surface area contributed by atoms with Crippen molar-refractivity contribution in [1.82, 2.24) is 0 Å². The van der Waals surface area contributed by atoms with Crippen molar-refractivity contribution in [3.05, 3.63) is 23.3 Å². The number of fused-ring (bicyclic) bond motifs is 1. The Morgan fingerprint density at radius 2 is 2.16 bits per heavy atom. The number of aromatic hydroxyl groups is 1. The minimum atomic E-state index is -0.443. The van der Waals surface area contributed by atoms with Gasteiger partial charge in [-0.05, 0) is 18.1 Å². The van der Waals surface area contributed by atoms with Gasteiger partial charge in [-0.2, -0.15) is 0 Å². The van der Waals surface area contributed by atoms with Gasteiger partial charge in [0.05, 0.1) is 25.5 Å². The lowest BCUT2D eigenvalue weighted by molar-refractivity contribution is -0.139. The first-order valence-corrected chi connectivity index (χ1v) is 6.74. The van der Waals surface area contributed by atoms with E-state index < -0.39 is 5.25 Å². The van der Waals surface area contributed by atoms with Gasteiger partial charge in [-0.15, -0.1) is 11.8 Å². The van der Waals surface area contributed by atoms with Crippen molar-refractivity contribution in [3.8, 4) is 11.5 Å². The molecule has 1 N–H and O–H groups in total. The third-order valence-corrected chi connectivity index (χ3v) is 4.16. The standard InChI is InChI=1S/C13H14O5S/c1-17-8-3-7-4-11(13(16)18-2)19-6-10(15)12(7)9(14)5-8/h3,5,11,14H,4,6H2,1-2H3. The number of esters is 1. The van der Waals surface area contributed by atoms with Crippen molar-refractivity contribution in [3.63, 3.8) is 0 Å². The van der Waals surface area contributed by atoms with E-state index in [4.69, 9.17) is 9.47 Å². The summed E-state index contributed by atoms with van der Waals surface area (Å²) < 4.78 is 9.78. The van der Waals surface area contributed by atoms with E-state index in [9.17, 15) is 14.7 Å². The molecule has 0 aliphatic carbocycles. The molecule has 2 rings (SSSR count). The Labute approximate surface area is 114 Å². The van der Waals surface area contributed by atoms with Gasteiger partial charge in [-0.1, -0.05) is 0 Å². The van der Waals surface area contributed by atoms with Gasteiger partial charge in [-0.25, -0.2) is 0 Å². The summed E-state index contributed by atoms with van der Waals surface area (Å²) in [5.41, 5.74) is 0.891. The molecule has 0 fully saturated rings. The fourth-order valence-corrected chi connectivity index (χ4v) is 3.07. The molecule has 1 unspecified atom stereocenters. The Kier molecular flexibility index (Phi) is 3.99. The SMILES string of the molecule is COC(=O)C1Cc2cc(OC)cc(O)c2C(=O)CS1. The summed E-state index contributed by atoms with van der Waals surface area (Å²) in [6.45, 7) is 0. The van der Waals surface area contributed by atoms with Crippen LogP contribution in [0.5, 0.6) is 11.5 Å². The van der Waals surface area contributed by atoms with Gasteiger partial charge in [0.15, 0.2) is 5.78 Å². The summed E-state index contributed by atoms with van der Waals surface area (Å²) in [6.07, 6.45) is 0.336. The van der Waals surface area contributed by atoms with E-state index in [1.807, 2.05) is 0 Å². The minimum Gasteiger partial charge on any atom is -0.507 e. The molecule has 0 saturated carbocycles. The van der Waals surface area contributed by atoms with Crippen molar-refractivity contribution in [2.45, 2.75) is 11.7 Å². The Morgan fingerprint density at radius 3 is 2.79 bits per heavy atom. The van der Waals surface area contributed by atoms with Crippen LogP contribution in [0, 0.1) is 0 Å². The van der Waals surface area contributed by atoms with Crippen LogP contribution >= 0.6 is 11.8 Å². The molecule has 1 aromatic carbocycles. The van der Waals surface area contributed by atoms with E-state index in [2.05, 4.69) is 0 Å². The van der Waals surface area contributed by atoms with E-state index in [0.717, 1.165) is 0 Å². The van der Waals surface area contributed by atoms with Crippen LogP contribution in [0.1, 0.15) is 15.9 Å². The molecular weight excluding hydrogens is 268 g/mol. The van der Waals surface area contributed by atoms with Crippen LogP contribution in [0.15, 0.2) is 12.1 Å². The highest BCUT2D eigenvalue weighted by Gasteiger charge is 2.30. The van der Waals surface area contributed by atoms with Crippen LogP contribution in [0.2, 0.25) is 0 Å². The smallest absolute Gasteiger partial charge is 0.319 e. The third-order valence-electron chi connectivity index (χ3n) is 2.97. The lowest BCUT2D eigenvalue weighted by atomic mass is 9.98. The van der Waals surface area contributed by atoms with Crippen molar-refractivity contribution in [2.75, 3.05) is 20.0 Å². The summed E-state index contributed by atoms with van der Waals surface area (Å²) in [5, 5.41) is 9.48. The number of rotatable bonds is 2. The second kappa shape index (κ2) is 5.52. The number of phenols is 1. The summed E-state index contributed by atoms with van der Waals surface area (Å²) in [4.78, 5) is 23.6. The largest absolute Gasteiger partial charge is 0.507 e. The van der Waals surface area contributed by atoms with Crippen molar-refractivity contribution >= 4 is 23.5 Å². The zero-order valence-corrected chi connectivity index (χ0v) is 11.5. The number of methoxy groups -OCH3 is 2. The molecule has 0 radical (unpaired) electrons.